The van der Waals surface area contributed by atoms with Crippen molar-refractivity contribution in [1.29, 1.82) is 0 Å². The van der Waals surface area contributed by atoms with Gasteiger partial charge < -0.3 is 11.1 Å². The van der Waals surface area contributed by atoms with Gasteiger partial charge in [0.15, 0.2) is 0 Å². The molecule has 0 fully saturated rings. The Labute approximate surface area is 184 Å². The number of carbonyl (C=O) groups excluding carboxylic acids is 1. The maximum Gasteiger partial charge on any atom is 0.224 e. The molecule has 3 N–H and O–H groups in total. The van der Waals surface area contributed by atoms with E-state index in [1.54, 1.807) is 34.5 Å². The summed E-state index contributed by atoms with van der Waals surface area (Å²) < 4.78 is 1.79. The van der Waals surface area contributed by atoms with E-state index in [0.29, 0.717) is 30.8 Å². The van der Waals surface area contributed by atoms with Crippen LogP contribution in [0.15, 0.2) is 54.3 Å². The van der Waals surface area contributed by atoms with Crippen LogP contribution in [-0.4, -0.2) is 30.9 Å². The molecule has 9 heteroatoms. The maximum atomic E-state index is 12.5. The van der Waals surface area contributed by atoms with Crippen LogP contribution >= 0.6 is 11.3 Å². The van der Waals surface area contributed by atoms with Crippen LogP contribution in [0.2, 0.25) is 0 Å². The highest BCUT2D eigenvalue weighted by Gasteiger charge is 2.10. The molecule has 0 radical (unpaired) electrons. The number of carbonyl (C=O) groups is 1. The molecule has 3 aromatic heterocycles. The van der Waals surface area contributed by atoms with Gasteiger partial charge in [-0.25, -0.2) is 4.98 Å². The summed E-state index contributed by atoms with van der Waals surface area (Å²) in [4.78, 5) is 21.1. The van der Waals surface area contributed by atoms with Gasteiger partial charge in [0.1, 0.15) is 0 Å². The van der Waals surface area contributed by atoms with Crippen molar-refractivity contribution in [2.75, 3.05) is 11.1 Å². The van der Waals surface area contributed by atoms with E-state index in [-0.39, 0.29) is 5.91 Å². The van der Waals surface area contributed by atoms with Gasteiger partial charge in [0.2, 0.25) is 5.91 Å². The topological polar surface area (TPSA) is 112 Å². The lowest BCUT2D eigenvalue weighted by Gasteiger charge is -2.10. The summed E-state index contributed by atoms with van der Waals surface area (Å²) in [5.74, 6) is -0.122. The summed E-state index contributed by atoms with van der Waals surface area (Å²) in [5, 5.41) is 14.3. The number of aromatic nitrogens is 5. The molecule has 0 bridgehead atoms. The SMILES string of the molecule is Cc1csc(CCn2cc(CCC(=O)Nc3cc(-c4cccnc4)ccc3N)nn2)n1. The number of hydrogen-bond acceptors (Lipinski definition) is 7. The number of nitrogens with two attached hydrogens (primary N) is 1. The molecule has 31 heavy (non-hydrogen) atoms. The Morgan fingerprint density at radius 2 is 2.13 bits per heavy atom. The van der Waals surface area contributed by atoms with Gasteiger partial charge in [-0.1, -0.05) is 17.3 Å². The van der Waals surface area contributed by atoms with Gasteiger partial charge in [-0.15, -0.1) is 16.4 Å². The largest absolute Gasteiger partial charge is 0.397 e. The van der Waals surface area contributed by atoms with Gasteiger partial charge in [-0.2, -0.15) is 0 Å². The summed E-state index contributed by atoms with van der Waals surface area (Å²) in [6.07, 6.45) is 6.99. The molecule has 0 aliphatic rings. The molecule has 158 valence electrons. The van der Waals surface area contributed by atoms with Crippen molar-refractivity contribution in [3.05, 3.63) is 70.7 Å². The van der Waals surface area contributed by atoms with Crippen LogP contribution in [0.1, 0.15) is 22.8 Å². The first-order valence-corrected chi connectivity index (χ1v) is 10.8. The van der Waals surface area contributed by atoms with E-state index in [1.165, 1.54) is 0 Å². The van der Waals surface area contributed by atoms with Crippen molar-refractivity contribution in [2.24, 2.45) is 0 Å². The number of nitrogens with zero attached hydrogens (tertiary/aromatic N) is 5. The Kier molecular flexibility index (Phi) is 6.32. The molecule has 8 nitrogen and oxygen atoms in total. The Hall–Kier alpha value is -3.59. The monoisotopic (exact) mass is 433 g/mol. The fraction of sp³-hybridized carbons (Fsp3) is 0.227. The first-order chi connectivity index (χ1) is 15.1. The molecule has 4 aromatic rings. The van der Waals surface area contributed by atoms with Crippen LogP contribution in [0.5, 0.6) is 0 Å². The normalized spacial score (nSPS) is 10.9. The predicted molar refractivity (Wildman–Crippen MR) is 122 cm³/mol. The molecule has 1 amide bonds. The summed E-state index contributed by atoms with van der Waals surface area (Å²) in [7, 11) is 0. The second-order valence-corrected chi connectivity index (χ2v) is 8.14. The molecule has 1 aromatic carbocycles. The van der Waals surface area contributed by atoms with Crippen LogP contribution in [0.4, 0.5) is 11.4 Å². The van der Waals surface area contributed by atoms with Crippen LogP contribution < -0.4 is 11.1 Å². The molecule has 0 spiro atoms. The lowest BCUT2D eigenvalue weighted by molar-refractivity contribution is -0.116. The van der Waals surface area contributed by atoms with Gasteiger partial charge in [0.05, 0.1) is 22.1 Å². The third-order valence-electron chi connectivity index (χ3n) is 4.74. The van der Waals surface area contributed by atoms with Crippen molar-refractivity contribution in [1.82, 2.24) is 25.0 Å². The minimum atomic E-state index is -0.122. The molecular formula is C22H23N7OS. The van der Waals surface area contributed by atoms with E-state index in [2.05, 4.69) is 25.6 Å². The smallest absolute Gasteiger partial charge is 0.224 e. The van der Waals surface area contributed by atoms with E-state index in [1.807, 2.05) is 42.8 Å². The standard InChI is InChI=1S/C22H23N7OS/c1-15-14-31-22(25-15)8-10-29-13-18(27-28-29)5-7-21(30)26-20-11-16(4-6-19(20)23)17-3-2-9-24-12-17/h2-4,6,9,11-14H,5,7-8,10,23H2,1H3,(H,26,30). The second kappa shape index (κ2) is 9.48. The van der Waals surface area contributed by atoms with Crippen LogP contribution in [0.3, 0.4) is 0 Å². The molecular weight excluding hydrogens is 410 g/mol. The van der Waals surface area contributed by atoms with Gasteiger partial charge in [-0.3, -0.25) is 14.5 Å². The number of pyridine rings is 1. The molecule has 3 heterocycles. The zero-order valence-corrected chi connectivity index (χ0v) is 18.0. The molecule has 0 aliphatic heterocycles. The van der Waals surface area contributed by atoms with Crippen LogP contribution in [0.25, 0.3) is 11.1 Å². The molecule has 0 saturated carbocycles. The molecule has 0 saturated heterocycles. The second-order valence-electron chi connectivity index (χ2n) is 7.20. The van der Waals surface area contributed by atoms with Gasteiger partial charge >= 0.3 is 0 Å². The third kappa shape index (κ3) is 5.52. The molecule has 0 unspecified atom stereocenters. The number of aryl methyl sites for hydroxylation is 4. The molecule has 0 aliphatic carbocycles. The minimum Gasteiger partial charge on any atom is -0.397 e. The number of rotatable bonds is 8. The maximum absolute atomic E-state index is 12.5. The van der Waals surface area contributed by atoms with Crippen molar-refractivity contribution in [2.45, 2.75) is 32.7 Å². The Morgan fingerprint density at radius 3 is 2.90 bits per heavy atom. The fourth-order valence-electron chi connectivity index (χ4n) is 3.12. The average Bonchev–Trinajstić information content (AvgIpc) is 3.41. The lowest BCUT2D eigenvalue weighted by Crippen LogP contribution is -2.13. The Balaban J connectivity index is 1.31. The lowest BCUT2D eigenvalue weighted by atomic mass is 10.1. The first-order valence-electron chi connectivity index (χ1n) is 9.96. The van der Waals surface area contributed by atoms with Crippen LogP contribution in [-0.2, 0) is 24.2 Å². The quantitative estimate of drug-likeness (QED) is 0.411. The number of hydrogen-bond donors (Lipinski definition) is 2. The zero-order chi connectivity index (χ0) is 21.6. The van der Waals surface area contributed by atoms with Crippen molar-refractivity contribution in [3.63, 3.8) is 0 Å². The van der Waals surface area contributed by atoms with E-state index in [4.69, 9.17) is 5.73 Å². The number of benzene rings is 1. The van der Waals surface area contributed by atoms with Gasteiger partial charge in [0.25, 0.3) is 0 Å². The van der Waals surface area contributed by atoms with Gasteiger partial charge in [-0.05, 0) is 30.7 Å². The van der Waals surface area contributed by atoms with E-state index < -0.39 is 0 Å². The van der Waals surface area contributed by atoms with Crippen molar-refractivity contribution < 1.29 is 4.79 Å². The minimum absolute atomic E-state index is 0.122. The summed E-state index contributed by atoms with van der Waals surface area (Å²) in [6, 6.07) is 9.39. The summed E-state index contributed by atoms with van der Waals surface area (Å²) in [5.41, 5.74) is 10.9. The molecule has 4 rings (SSSR count). The number of nitrogen functional groups attached to an aromatic ring is 1. The highest BCUT2D eigenvalue weighted by atomic mass is 32.1. The summed E-state index contributed by atoms with van der Waals surface area (Å²) in [6.45, 7) is 2.70. The fourth-order valence-corrected chi connectivity index (χ4v) is 3.89. The van der Waals surface area contributed by atoms with E-state index in [9.17, 15) is 4.79 Å². The predicted octanol–water partition coefficient (Wildman–Crippen LogP) is 3.50. The van der Waals surface area contributed by atoms with E-state index in [0.717, 1.165) is 33.9 Å². The first kappa shape index (κ1) is 20.7. The zero-order valence-electron chi connectivity index (χ0n) is 17.2. The molecule has 0 atom stereocenters. The third-order valence-corrected chi connectivity index (χ3v) is 5.76. The number of amides is 1. The Bertz CT molecular complexity index is 1170. The van der Waals surface area contributed by atoms with Crippen molar-refractivity contribution in [3.8, 4) is 11.1 Å². The van der Waals surface area contributed by atoms with Crippen LogP contribution in [0, 0.1) is 6.92 Å². The number of thiazole rings is 1. The highest BCUT2D eigenvalue weighted by Crippen LogP contribution is 2.27. The van der Waals surface area contributed by atoms with Gasteiger partial charge in [0, 0.05) is 61.0 Å². The highest BCUT2D eigenvalue weighted by molar-refractivity contribution is 7.09. The number of anilines is 2. The van der Waals surface area contributed by atoms with Crippen molar-refractivity contribution >= 4 is 28.6 Å². The summed E-state index contributed by atoms with van der Waals surface area (Å²) >= 11 is 1.65. The Morgan fingerprint density at radius 1 is 1.23 bits per heavy atom. The average molecular weight is 434 g/mol. The van der Waals surface area contributed by atoms with E-state index >= 15 is 0 Å². The number of nitrogens with one attached hydrogen (secondary N) is 1.